The second kappa shape index (κ2) is 9.00. The van der Waals surface area contributed by atoms with E-state index in [1.807, 2.05) is 30.3 Å². The van der Waals surface area contributed by atoms with Crippen LogP contribution in [0.15, 0.2) is 42.5 Å². The van der Waals surface area contributed by atoms with E-state index in [1.165, 1.54) is 0 Å². The summed E-state index contributed by atoms with van der Waals surface area (Å²) >= 11 is 0. The van der Waals surface area contributed by atoms with E-state index in [2.05, 4.69) is 5.32 Å². The zero-order valence-electron chi connectivity index (χ0n) is 13.2. The zero-order valence-corrected chi connectivity index (χ0v) is 13.2. The number of ether oxygens (including phenoxy) is 1. The van der Waals surface area contributed by atoms with Crippen molar-refractivity contribution < 1.29 is 24.1 Å². The molecule has 0 aliphatic heterocycles. The average molecular weight is 333 g/mol. The maximum Gasteiger partial charge on any atom is 0.257 e. The molecular weight excluding hydrogens is 313 g/mol. The molecule has 0 spiro atoms. The standard InChI is InChI=1S/C18H20FNO4/c19-16-8-14(10-21)18(15(9-16)11-22)24-12-17(23)20-7-6-13-4-2-1-3-5-13/h1-5,8-9,21-22H,6-7,10-12H2,(H,20,23). The number of hydrogen-bond donors (Lipinski definition) is 3. The molecule has 0 heterocycles. The van der Waals surface area contributed by atoms with Crippen LogP contribution in [0.5, 0.6) is 5.75 Å². The summed E-state index contributed by atoms with van der Waals surface area (Å²) < 4.78 is 18.7. The summed E-state index contributed by atoms with van der Waals surface area (Å²) in [6, 6.07) is 12.0. The van der Waals surface area contributed by atoms with Gasteiger partial charge in [0.15, 0.2) is 6.61 Å². The number of aliphatic hydroxyl groups is 2. The molecule has 1 amide bonds. The van der Waals surface area contributed by atoms with Gasteiger partial charge in [-0.1, -0.05) is 30.3 Å². The Balaban J connectivity index is 1.87. The van der Waals surface area contributed by atoms with Crippen molar-refractivity contribution in [1.82, 2.24) is 5.32 Å². The van der Waals surface area contributed by atoms with Crippen molar-refractivity contribution in [3.8, 4) is 5.75 Å². The van der Waals surface area contributed by atoms with Crippen LogP contribution >= 0.6 is 0 Å². The number of benzene rings is 2. The predicted molar refractivity (Wildman–Crippen MR) is 86.9 cm³/mol. The van der Waals surface area contributed by atoms with Crippen LogP contribution < -0.4 is 10.1 Å². The van der Waals surface area contributed by atoms with Crippen molar-refractivity contribution in [2.75, 3.05) is 13.2 Å². The molecular formula is C18H20FNO4. The van der Waals surface area contributed by atoms with E-state index in [9.17, 15) is 19.4 Å². The second-order valence-corrected chi connectivity index (χ2v) is 5.24. The number of halogens is 1. The van der Waals surface area contributed by atoms with Crippen LogP contribution in [0, 0.1) is 5.82 Å². The van der Waals surface area contributed by atoms with Gasteiger partial charge in [-0.05, 0) is 24.1 Å². The Labute approximate surface area is 139 Å². The fourth-order valence-electron chi connectivity index (χ4n) is 2.31. The molecule has 0 aliphatic carbocycles. The van der Waals surface area contributed by atoms with Gasteiger partial charge in [-0.25, -0.2) is 4.39 Å². The number of hydrogen-bond acceptors (Lipinski definition) is 4. The van der Waals surface area contributed by atoms with Crippen LogP contribution in [0.4, 0.5) is 4.39 Å². The Morgan fingerprint density at radius 3 is 2.29 bits per heavy atom. The van der Waals surface area contributed by atoms with E-state index < -0.39 is 19.0 Å². The topological polar surface area (TPSA) is 78.8 Å². The average Bonchev–Trinajstić information content (AvgIpc) is 2.60. The molecule has 0 bridgehead atoms. The molecule has 0 atom stereocenters. The van der Waals surface area contributed by atoms with Gasteiger partial charge in [0.1, 0.15) is 11.6 Å². The highest BCUT2D eigenvalue weighted by atomic mass is 19.1. The molecule has 0 fully saturated rings. The van der Waals surface area contributed by atoms with Crippen molar-refractivity contribution >= 4 is 5.91 Å². The largest absolute Gasteiger partial charge is 0.483 e. The van der Waals surface area contributed by atoms with Gasteiger partial charge in [0.05, 0.1) is 13.2 Å². The minimum absolute atomic E-state index is 0.139. The smallest absolute Gasteiger partial charge is 0.257 e. The van der Waals surface area contributed by atoms with E-state index in [4.69, 9.17) is 4.74 Å². The Hall–Kier alpha value is -2.44. The van der Waals surface area contributed by atoms with Gasteiger partial charge in [-0.2, -0.15) is 0 Å². The molecule has 6 heteroatoms. The Morgan fingerprint density at radius 2 is 1.71 bits per heavy atom. The van der Waals surface area contributed by atoms with E-state index in [-0.39, 0.29) is 29.4 Å². The third-order valence-electron chi connectivity index (χ3n) is 3.47. The lowest BCUT2D eigenvalue weighted by Crippen LogP contribution is -2.30. The number of nitrogens with one attached hydrogen (secondary N) is 1. The number of amides is 1. The Kier molecular flexibility index (Phi) is 6.72. The summed E-state index contributed by atoms with van der Waals surface area (Å²) in [4.78, 5) is 11.8. The first-order valence-corrected chi connectivity index (χ1v) is 7.60. The van der Waals surface area contributed by atoms with Crippen LogP contribution in [0.1, 0.15) is 16.7 Å². The van der Waals surface area contributed by atoms with Gasteiger partial charge in [0, 0.05) is 17.7 Å². The molecule has 3 N–H and O–H groups in total. The van der Waals surface area contributed by atoms with Crippen molar-refractivity contribution in [3.63, 3.8) is 0 Å². The summed E-state index contributed by atoms with van der Waals surface area (Å²) in [5.41, 5.74) is 1.50. The monoisotopic (exact) mass is 333 g/mol. The fourth-order valence-corrected chi connectivity index (χ4v) is 2.31. The van der Waals surface area contributed by atoms with E-state index in [1.54, 1.807) is 0 Å². The Morgan fingerprint density at radius 1 is 1.08 bits per heavy atom. The maximum absolute atomic E-state index is 13.4. The van der Waals surface area contributed by atoms with Crippen molar-refractivity contribution in [1.29, 1.82) is 0 Å². The van der Waals surface area contributed by atoms with Gasteiger partial charge < -0.3 is 20.3 Å². The number of carbonyl (C=O) groups is 1. The van der Waals surface area contributed by atoms with Crippen molar-refractivity contribution in [2.45, 2.75) is 19.6 Å². The van der Waals surface area contributed by atoms with Gasteiger partial charge >= 0.3 is 0 Å². The molecule has 24 heavy (non-hydrogen) atoms. The lowest BCUT2D eigenvalue weighted by atomic mass is 10.1. The Bertz CT molecular complexity index is 651. The highest BCUT2D eigenvalue weighted by molar-refractivity contribution is 5.77. The lowest BCUT2D eigenvalue weighted by molar-refractivity contribution is -0.123. The normalized spacial score (nSPS) is 10.5. The van der Waals surface area contributed by atoms with Crippen molar-refractivity contribution in [2.24, 2.45) is 0 Å². The number of carbonyl (C=O) groups excluding carboxylic acids is 1. The van der Waals surface area contributed by atoms with Gasteiger partial charge in [0.2, 0.25) is 0 Å². The van der Waals surface area contributed by atoms with Crippen molar-refractivity contribution in [3.05, 3.63) is 65.0 Å². The molecule has 2 aromatic carbocycles. The molecule has 0 aromatic heterocycles. The van der Waals surface area contributed by atoms with E-state index in [0.29, 0.717) is 13.0 Å². The minimum Gasteiger partial charge on any atom is -0.483 e. The van der Waals surface area contributed by atoms with E-state index >= 15 is 0 Å². The summed E-state index contributed by atoms with van der Waals surface area (Å²) in [6.45, 7) is -0.707. The third kappa shape index (κ3) is 5.04. The van der Waals surface area contributed by atoms with Gasteiger partial charge in [0.25, 0.3) is 5.91 Å². The molecule has 2 rings (SSSR count). The first kappa shape index (κ1) is 17.9. The highest BCUT2D eigenvalue weighted by Crippen LogP contribution is 2.26. The quantitative estimate of drug-likeness (QED) is 0.685. The summed E-state index contributed by atoms with van der Waals surface area (Å²) in [5.74, 6) is -0.773. The first-order valence-electron chi connectivity index (χ1n) is 7.60. The minimum atomic E-state index is -0.581. The van der Waals surface area contributed by atoms with Gasteiger partial charge in [-0.15, -0.1) is 0 Å². The molecule has 5 nitrogen and oxygen atoms in total. The predicted octanol–water partition coefficient (Wildman–Crippen LogP) is 1.55. The zero-order chi connectivity index (χ0) is 17.4. The molecule has 128 valence electrons. The van der Waals surface area contributed by atoms with E-state index in [0.717, 1.165) is 17.7 Å². The highest BCUT2D eigenvalue weighted by Gasteiger charge is 2.13. The molecule has 0 aliphatic rings. The van der Waals surface area contributed by atoms with Crippen LogP contribution in [0.2, 0.25) is 0 Å². The maximum atomic E-state index is 13.4. The lowest BCUT2D eigenvalue weighted by Gasteiger charge is -2.14. The van der Waals surface area contributed by atoms with Crippen LogP contribution in [-0.2, 0) is 24.4 Å². The molecule has 2 aromatic rings. The van der Waals surface area contributed by atoms with Crippen LogP contribution in [0.25, 0.3) is 0 Å². The molecule has 0 saturated carbocycles. The molecule has 0 saturated heterocycles. The first-order chi connectivity index (χ1) is 11.6. The number of rotatable bonds is 8. The van der Waals surface area contributed by atoms with Crippen LogP contribution in [-0.4, -0.2) is 29.3 Å². The summed E-state index contributed by atoms with van der Waals surface area (Å²) in [7, 11) is 0. The van der Waals surface area contributed by atoms with Gasteiger partial charge in [-0.3, -0.25) is 4.79 Å². The second-order valence-electron chi connectivity index (χ2n) is 5.24. The summed E-state index contributed by atoms with van der Waals surface area (Å²) in [6.07, 6.45) is 0.701. The van der Waals surface area contributed by atoms with Crippen LogP contribution in [0.3, 0.4) is 0 Å². The SMILES string of the molecule is O=C(COc1c(CO)cc(F)cc1CO)NCCc1ccccc1. The summed E-state index contributed by atoms with van der Waals surface area (Å²) in [5, 5.41) is 21.3. The number of aliphatic hydroxyl groups excluding tert-OH is 2. The molecule has 0 radical (unpaired) electrons. The third-order valence-corrected chi connectivity index (χ3v) is 3.47. The molecule has 0 unspecified atom stereocenters. The fraction of sp³-hybridized carbons (Fsp3) is 0.278.